The minimum atomic E-state index is -0.0279. The molecular weight excluding hydrogens is 410 g/mol. The summed E-state index contributed by atoms with van der Waals surface area (Å²) in [6.45, 7) is 0. The highest BCUT2D eigenvalue weighted by Gasteiger charge is 2.19. The highest BCUT2D eigenvalue weighted by atomic mass is 32.2. The smallest absolute Gasteiger partial charge is 0.237 e. The van der Waals surface area contributed by atoms with Crippen LogP contribution in [0.1, 0.15) is 0 Å². The zero-order valence-corrected chi connectivity index (χ0v) is 18.0. The molecule has 0 saturated carbocycles. The molecule has 4 rings (SSSR count). The summed E-state index contributed by atoms with van der Waals surface area (Å²) >= 11 is 1.34. The Morgan fingerprint density at radius 2 is 1.74 bits per heavy atom. The Morgan fingerprint density at radius 1 is 1.00 bits per heavy atom. The van der Waals surface area contributed by atoms with Crippen LogP contribution in [0.15, 0.2) is 84.1 Å². The minimum absolute atomic E-state index is 0.0279. The average Bonchev–Trinajstić information content (AvgIpc) is 3.27. The molecular formula is C23H21N5O2S. The van der Waals surface area contributed by atoms with Crippen LogP contribution >= 0.6 is 11.8 Å². The van der Waals surface area contributed by atoms with E-state index in [9.17, 15) is 4.79 Å². The van der Waals surface area contributed by atoms with Crippen molar-refractivity contribution in [2.75, 3.05) is 24.8 Å². The molecule has 0 aliphatic heterocycles. The van der Waals surface area contributed by atoms with E-state index >= 15 is 0 Å². The second-order valence-corrected chi connectivity index (χ2v) is 7.57. The average molecular weight is 432 g/mol. The lowest BCUT2D eigenvalue weighted by Gasteiger charge is -2.17. The number of aromatic nitrogens is 4. The summed E-state index contributed by atoms with van der Waals surface area (Å²) in [4.78, 5) is 18.8. The Morgan fingerprint density at radius 3 is 2.42 bits per heavy atom. The number of rotatable bonds is 7. The van der Waals surface area contributed by atoms with Crippen LogP contribution in [0.3, 0.4) is 0 Å². The molecule has 1 amide bonds. The molecule has 0 aliphatic rings. The number of carbonyl (C=O) groups excluding carboxylic acids is 1. The van der Waals surface area contributed by atoms with E-state index in [1.807, 2.05) is 77.4 Å². The number of para-hydroxylation sites is 1. The maximum Gasteiger partial charge on any atom is 0.237 e. The number of methoxy groups -OCH3 is 1. The first kappa shape index (κ1) is 20.6. The van der Waals surface area contributed by atoms with Gasteiger partial charge in [0, 0.05) is 18.9 Å². The molecule has 7 nitrogen and oxygen atoms in total. The highest BCUT2D eigenvalue weighted by molar-refractivity contribution is 7.99. The summed E-state index contributed by atoms with van der Waals surface area (Å²) < 4.78 is 7.18. The van der Waals surface area contributed by atoms with Gasteiger partial charge in [0.15, 0.2) is 11.0 Å². The van der Waals surface area contributed by atoms with Gasteiger partial charge in [-0.3, -0.25) is 14.3 Å². The van der Waals surface area contributed by atoms with Gasteiger partial charge in [0.2, 0.25) is 5.91 Å². The van der Waals surface area contributed by atoms with Crippen molar-refractivity contribution < 1.29 is 9.53 Å². The molecule has 0 unspecified atom stereocenters. The van der Waals surface area contributed by atoms with E-state index < -0.39 is 0 Å². The minimum Gasteiger partial charge on any atom is -0.497 e. The predicted molar refractivity (Wildman–Crippen MR) is 122 cm³/mol. The Labute approximate surface area is 184 Å². The van der Waals surface area contributed by atoms with Crippen molar-refractivity contribution in [3.8, 4) is 23.0 Å². The van der Waals surface area contributed by atoms with Crippen LogP contribution in [0.5, 0.6) is 5.75 Å². The van der Waals surface area contributed by atoms with Gasteiger partial charge in [0.1, 0.15) is 11.4 Å². The van der Waals surface area contributed by atoms with E-state index in [2.05, 4.69) is 15.2 Å². The molecule has 0 N–H and O–H groups in total. The van der Waals surface area contributed by atoms with Crippen LogP contribution in [0.4, 0.5) is 5.69 Å². The van der Waals surface area contributed by atoms with Gasteiger partial charge < -0.3 is 9.64 Å². The molecule has 2 aromatic carbocycles. The summed E-state index contributed by atoms with van der Waals surface area (Å²) in [6.07, 6.45) is 1.72. The first-order valence-corrected chi connectivity index (χ1v) is 10.6. The third-order valence-electron chi connectivity index (χ3n) is 4.70. The van der Waals surface area contributed by atoms with Gasteiger partial charge in [0.25, 0.3) is 0 Å². The molecule has 0 spiro atoms. The lowest BCUT2D eigenvalue weighted by molar-refractivity contribution is -0.115. The van der Waals surface area contributed by atoms with E-state index in [1.165, 1.54) is 11.8 Å². The molecule has 4 aromatic rings. The lowest BCUT2D eigenvalue weighted by atomic mass is 10.3. The van der Waals surface area contributed by atoms with Gasteiger partial charge in [-0.25, -0.2) is 0 Å². The Bertz CT molecular complexity index is 1150. The van der Waals surface area contributed by atoms with Gasteiger partial charge in [-0.1, -0.05) is 36.0 Å². The second-order valence-electron chi connectivity index (χ2n) is 6.63. The normalized spacial score (nSPS) is 10.6. The first-order chi connectivity index (χ1) is 15.2. The largest absolute Gasteiger partial charge is 0.497 e. The summed E-state index contributed by atoms with van der Waals surface area (Å²) in [7, 11) is 3.40. The lowest BCUT2D eigenvalue weighted by Crippen LogP contribution is -2.27. The molecule has 156 valence electrons. The van der Waals surface area contributed by atoms with Crippen molar-refractivity contribution in [3.63, 3.8) is 0 Å². The molecule has 8 heteroatoms. The number of pyridine rings is 1. The van der Waals surface area contributed by atoms with Crippen molar-refractivity contribution in [1.29, 1.82) is 0 Å². The van der Waals surface area contributed by atoms with Crippen LogP contribution < -0.4 is 9.64 Å². The fraction of sp³-hybridized carbons (Fsp3) is 0.130. The third kappa shape index (κ3) is 4.59. The van der Waals surface area contributed by atoms with Gasteiger partial charge in [-0.05, 0) is 48.5 Å². The van der Waals surface area contributed by atoms with E-state index in [-0.39, 0.29) is 11.7 Å². The summed E-state index contributed by atoms with van der Waals surface area (Å²) in [5.41, 5.74) is 2.40. The number of benzene rings is 2. The number of carbonyl (C=O) groups is 1. The number of nitrogens with zero attached hydrogens (tertiary/aromatic N) is 5. The molecule has 0 bridgehead atoms. The molecule has 0 saturated heterocycles. The fourth-order valence-corrected chi connectivity index (χ4v) is 3.87. The molecule has 31 heavy (non-hydrogen) atoms. The molecule has 0 atom stereocenters. The second kappa shape index (κ2) is 9.44. The highest BCUT2D eigenvalue weighted by Crippen LogP contribution is 2.28. The summed E-state index contributed by atoms with van der Waals surface area (Å²) in [6, 6.07) is 22.8. The van der Waals surface area contributed by atoms with E-state index in [0.29, 0.717) is 16.7 Å². The Kier molecular flexibility index (Phi) is 6.28. The van der Waals surface area contributed by atoms with Crippen molar-refractivity contribution in [2.45, 2.75) is 5.16 Å². The fourth-order valence-electron chi connectivity index (χ4n) is 3.01. The number of anilines is 1. The maximum absolute atomic E-state index is 12.7. The van der Waals surface area contributed by atoms with E-state index in [1.54, 1.807) is 25.3 Å². The van der Waals surface area contributed by atoms with Crippen molar-refractivity contribution in [3.05, 3.63) is 79.0 Å². The topological polar surface area (TPSA) is 73.1 Å². The first-order valence-electron chi connectivity index (χ1n) is 9.63. The molecule has 0 aliphatic carbocycles. The Balaban J connectivity index is 1.63. The van der Waals surface area contributed by atoms with Gasteiger partial charge in [-0.15, -0.1) is 10.2 Å². The summed E-state index contributed by atoms with van der Waals surface area (Å²) in [5, 5.41) is 9.32. The van der Waals surface area contributed by atoms with Crippen molar-refractivity contribution in [1.82, 2.24) is 19.7 Å². The van der Waals surface area contributed by atoms with Crippen LogP contribution in [0, 0.1) is 0 Å². The molecule has 2 aromatic heterocycles. The molecule has 0 radical (unpaired) electrons. The molecule has 2 heterocycles. The Hall–Kier alpha value is -3.65. The standard InChI is InChI=1S/C23H21N5O2S/c1-27(17-8-4-3-5-9-17)21(29)16-31-23-26-25-22(20-10-6-7-15-24-20)28(23)18-11-13-19(30-2)14-12-18/h3-15H,16H2,1-2H3. The SMILES string of the molecule is COc1ccc(-n2c(SCC(=O)N(C)c3ccccc3)nnc2-c2ccccn2)cc1. The predicted octanol–water partition coefficient (Wildman–Crippen LogP) is 4.09. The van der Waals surface area contributed by atoms with Crippen molar-refractivity contribution >= 4 is 23.4 Å². The number of thioether (sulfide) groups is 1. The zero-order chi connectivity index (χ0) is 21.6. The van der Waals surface area contributed by atoms with Crippen molar-refractivity contribution in [2.24, 2.45) is 0 Å². The number of hydrogen-bond donors (Lipinski definition) is 0. The van der Waals surface area contributed by atoms with Gasteiger partial charge in [-0.2, -0.15) is 0 Å². The van der Waals surface area contributed by atoms with Crippen LogP contribution in [0.2, 0.25) is 0 Å². The monoisotopic (exact) mass is 431 g/mol. The van der Waals surface area contributed by atoms with E-state index in [0.717, 1.165) is 17.1 Å². The van der Waals surface area contributed by atoms with Crippen LogP contribution in [-0.2, 0) is 4.79 Å². The summed E-state index contributed by atoms with van der Waals surface area (Å²) in [5.74, 6) is 1.56. The molecule has 0 fully saturated rings. The maximum atomic E-state index is 12.7. The van der Waals surface area contributed by atoms with Gasteiger partial charge in [0.05, 0.1) is 18.6 Å². The number of amides is 1. The third-order valence-corrected chi connectivity index (χ3v) is 5.61. The quantitative estimate of drug-likeness (QED) is 0.410. The van der Waals surface area contributed by atoms with Gasteiger partial charge >= 0.3 is 0 Å². The zero-order valence-electron chi connectivity index (χ0n) is 17.2. The van der Waals surface area contributed by atoms with Crippen LogP contribution in [-0.4, -0.2) is 45.6 Å². The number of ether oxygens (including phenoxy) is 1. The van der Waals surface area contributed by atoms with E-state index in [4.69, 9.17) is 4.74 Å². The van der Waals surface area contributed by atoms with Crippen LogP contribution in [0.25, 0.3) is 17.2 Å². The number of hydrogen-bond acceptors (Lipinski definition) is 6.